The second-order valence-corrected chi connectivity index (χ2v) is 6.02. The predicted molar refractivity (Wildman–Crippen MR) is 71.9 cm³/mol. The molecule has 20 heavy (non-hydrogen) atoms. The topological polar surface area (TPSA) is 51.2 Å². The van der Waals surface area contributed by atoms with Crippen LogP contribution in [-0.4, -0.2) is 49.1 Å². The van der Waals surface area contributed by atoms with E-state index in [4.69, 9.17) is 14.2 Å². The van der Waals surface area contributed by atoms with E-state index in [0.29, 0.717) is 26.1 Å². The summed E-state index contributed by atoms with van der Waals surface area (Å²) in [6, 6.07) is 6.32. The van der Waals surface area contributed by atoms with Gasteiger partial charge in [0.15, 0.2) is 11.5 Å². The first-order chi connectivity index (χ1) is 9.66. The Balaban J connectivity index is 1.67. The highest BCUT2D eigenvalue weighted by Crippen LogP contribution is 2.43. The van der Waals surface area contributed by atoms with Gasteiger partial charge in [0.1, 0.15) is 0 Å². The van der Waals surface area contributed by atoms with Crippen molar-refractivity contribution >= 4 is 0 Å². The summed E-state index contributed by atoms with van der Waals surface area (Å²) >= 11 is 0. The van der Waals surface area contributed by atoms with Gasteiger partial charge in [-0.25, -0.2) is 0 Å². The molecule has 0 aliphatic carbocycles. The summed E-state index contributed by atoms with van der Waals surface area (Å²) in [5.74, 6) is 1.49. The Morgan fingerprint density at radius 1 is 1.15 bits per heavy atom. The molecule has 4 rings (SSSR count). The zero-order valence-corrected chi connectivity index (χ0v) is 11.5. The second-order valence-electron chi connectivity index (χ2n) is 6.02. The van der Waals surface area contributed by atoms with Gasteiger partial charge in [0.05, 0.1) is 18.8 Å². The van der Waals surface area contributed by atoms with Crippen molar-refractivity contribution < 1.29 is 19.3 Å². The highest BCUT2D eigenvalue weighted by molar-refractivity contribution is 5.46. The highest BCUT2D eigenvalue weighted by Gasteiger charge is 2.45. The molecule has 1 aromatic carbocycles. The van der Waals surface area contributed by atoms with Crippen molar-refractivity contribution in [2.75, 3.05) is 27.1 Å². The quantitative estimate of drug-likeness (QED) is 0.833. The zero-order chi connectivity index (χ0) is 13.7. The predicted octanol–water partition coefficient (Wildman–Crippen LogP) is 1.10. The monoisotopic (exact) mass is 277 g/mol. The van der Waals surface area contributed by atoms with Gasteiger partial charge >= 0.3 is 0 Å². The van der Waals surface area contributed by atoms with E-state index in [1.165, 1.54) is 0 Å². The standard InChI is InChI=1S/C15H19NO4/c1-16-11-5-15(17,6-12(16)8-18-7-11)10-2-3-13-14(4-10)20-9-19-13/h2-4,11-12,17H,5-9H2,1H3. The molecule has 0 radical (unpaired) electrons. The molecule has 2 unspecified atom stereocenters. The maximum Gasteiger partial charge on any atom is 0.231 e. The molecule has 108 valence electrons. The largest absolute Gasteiger partial charge is 0.454 e. The zero-order valence-electron chi connectivity index (χ0n) is 11.5. The molecule has 3 heterocycles. The van der Waals surface area contributed by atoms with Crippen LogP contribution in [-0.2, 0) is 10.3 Å². The highest BCUT2D eigenvalue weighted by atomic mass is 16.7. The summed E-state index contributed by atoms with van der Waals surface area (Å²) in [5.41, 5.74) is 0.124. The molecule has 2 atom stereocenters. The molecule has 5 heteroatoms. The Morgan fingerprint density at radius 3 is 2.60 bits per heavy atom. The van der Waals surface area contributed by atoms with Gasteiger partial charge in [-0.05, 0) is 37.6 Å². The third kappa shape index (κ3) is 1.81. The minimum atomic E-state index is -0.799. The number of nitrogens with zero attached hydrogens (tertiary/aromatic N) is 1. The molecule has 2 bridgehead atoms. The van der Waals surface area contributed by atoms with Crippen LogP contribution in [0.25, 0.3) is 0 Å². The summed E-state index contributed by atoms with van der Waals surface area (Å²) in [7, 11) is 2.12. The Morgan fingerprint density at radius 2 is 1.85 bits per heavy atom. The average molecular weight is 277 g/mol. The lowest BCUT2D eigenvalue weighted by atomic mass is 9.77. The van der Waals surface area contributed by atoms with Gasteiger partial charge in [-0.2, -0.15) is 0 Å². The third-order valence-electron chi connectivity index (χ3n) is 4.83. The first-order valence-corrected chi connectivity index (χ1v) is 7.08. The number of hydrogen-bond acceptors (Lipinski definition) is 5. The number of morpholine rings is 1. The molecule has 1 N–H and O–H groups in total. The number of hydrogen-bond donors (Lipinski definition) is 1. The van der Waals surface area contributed by atoms with E-state index in [2.05, 4.69) is 11.9 Å². The fourth-order valence-electron chi connectivity index (χ4n) is 3.56. The Hall–Kier alpha value is -1.30. The van der Waals surface area contributed by atoms with Crippen molar-refractivity contribution in [1.82, 2.24) is 4.90 Å². The summed E-state index contributed by atoms with van der Waals surface area (Å²) in [6.45, 7) is 1.65. The van der Waals surface area contributed by atoms with E-state index >= 15 is 0 Å². The van der Waals surface area contributed by atoms with Gasteiger partial charge in [0.25, 0.3) is 0 Å². The lowest BCUT2D eigenvalue weighted by Gasteiger charge is -2.50. The van der Waals surface area contributed by atoms with Crippen molar-refractivity contribution in [3.05, 3.63) is 23.8 Å². The van der Waals surface area contributed by atoms with Crippen LogP contribution in [0, 0.1) is 0 Å². The van der Waals surface area contributed by atoms with Crippen molar-refractivity contribution in [3.63, 3.8) is 0 Å². The van der Waals surface area contributed by atoms with Crippen LogP contribution < -0.4 is 9.47 Å². The molecule has 1 aromatic rings. The van der Waals surface area contributed by atoms with E-state index in [1.54, 1.807) is 0 Å². The van der Waals surface area contributed by atoms with E-state index < -0.39 is 5.60 Å². The van der Waals surface area contributed by atoms with E-state index in [0.717, 1.165) is 17.1 Å². The SMILES string of the molecule is CN1C2COCC1CC(O)(c1ccc3c(c1)OCO3)C2. The minimum absolute atomic E-state index is 0.263. The van der Waals surface area contributed by atoms with Crippen LogP contribution in [0.2, 0.25) is 0 Å². The van der Waals surface area contributed by atoms with Gasteiger partial charge in [0.2, 0.25) is 6.79 Å². The number of ether oxygens (including phenoxy) is 3. The summed E-state index contributed by atoms with van der Waals surface area (Å²) in [5, 5.41) is 11.1. The molecule has 3 aliphatic rings. The smallest absolute Gasteiger partial charge is 0.231 e. The lowest BCUT2D eigenvalue weighted by molar-refractivity contribution is -0.137. The number of aliphatic hydroxyl groups is 1. The van der Waals surface area contributed by atoms with Crippen LogP contribution in [0.1, 0.15) is 18.4 Å². The van der Waals surface area contributed by atoms with Crippen molar-refractivity contribution in [2.45, 2.75) is 30.5 Å². The maximum atomic E-state index is 11.1. The molecule has 0 spiro atoms. The molecular weight excluding hydrogens is 258 g/mol. The maximum absolute atomic E-state index is 11.1. The number of likely N-dealkylation sites (N-methyl/N-ethyl adjacent to an activating group) is 1. The third-order valence-corrected chi connectivity index (χ3v) is 4.83. The van der Waals surface area contributed by atoms with E-state index in [-0.39, 0.29) is 18.9 Å². The number of rotatable bonds is 1. The fraction of sp³-hybridized carbons (Fsp3) is 0.600. The molecule has 0 aromatic heterocycles. The van der Waals surface area contributed by atoms with Gasteiger partial charge in [-0.3, -0.25) is 4.90 Å². The van der Waals surface area contributed by atoms with Crippen molar-refractivity contribution in [2.24, 2.45) is 0 Å². The number of benzene rings is 1. The molecular formula is C15H19NO4. The van der Waals surface area contributed by atoms with Gasteiger partial charge in [-0.1, -0.05) is 6.07 Å². The summed E-state index contributed by atoms with van der Waals surface area (Å²) < 4.78 is 16.4. The summed E-state index contributed by atoms with van der Waals surface area (Å²) in [6.07, 6.45) is 1.39. The molecule has 2 fully saturated rings. The van der Waals surface area contributed by atoms with Crippen LogP contribution >= 0.6 is 0 Å². The van der Waals surface area contributed by atoms with Gasteiger partial charge in [-0.15, -0.1) is 0 Å². The van der Waals surface area contributed by atoms with Crippen LogP contribution in [0.5, 0.6) is 11.5 Å². The second kappa shape index (κ2) is 4.35. The van der Waals surface area contributed by atoms with Gasteiger partial charge < -0.3 is 19.3 Å². The van der Waals surface area contributed by atoms with Crippen molar-refractivity contribution in [1.29, 1.82) is 0 Å². The van der Waals surface area contributed by atoms with E-state index in [9.17, 15) is 5.11 Å². The van der Waals surface area contributed by atoms with Crippen LogP contribution in [0.15, 0.2) is 18.2 Å². The Bertz CT molecular complexity index is 519. The van der Waals surface area contributed by atoms with Crippen molar-refractivity contribution in [3.8, 4) is 11.5 Å². The summed E-state index contributed by atoms with van der Waals surface area (Å²) in [4.78, 5) is 2.34. The molecule has 2 saturated heterocycles. The Kier molecular flexibility index (Phi) is 2.70. The lowest BCUT2D eigenvalue weighted by Crippen LogP contribution is -2.59. The molecule has 3 aliphatic heterocycles. The average Bonchev–Trinajstić information content (AvgIpc) is 2.88. The molecule has 5 nitrogen and oxygen atoms in total. The van der Waals surface area contributed by atoms with E-state index in [1.807, 2.05) is 18.2 Å². The normalized spacial score (nSPS) is 36.1. The minimum Gasteiger partial charge on any atom is -0.454 e. The Labute approximate surface area is 118 Å². The van der Waals surface area contributed by atoms with Crippen LogP contribution in [0.4, 0.5) is 0 Å². The van der Waals surface area contributed by atoms with Gasteiger partial charge in [0, 0.05) is 12.1 Å². The number of piperidine rings is 1. The first kappa shape index (κ1) is 12.4. The molecule has 0 saturated carbocycles. The molecule has 0 amide bonds. The first-order valence-electron chi connectivity index (χ1n) is 7.08. The van der Waals surface area contributed by atoms with Crippen LogP contribution in [0.3, 0.4) is 0 Å². The fourth-order valence-corrected chi connectivity index (χ4v) is 3.56. The number of fused-ring (bicyclic) bond motifs is 3.